The zero-order valence-corrected chi connectivity index (χ0v) is 9.03. The van der Waals surface area contributed by atoms with E-state index in [4.69, 9.17) is 10.2 Å². The van der Waals surface area contributed by atoms with Crippen molar-refractivity contribution in [2.24, 2.45) is 0 Å². The van der Waals surface area contributed by atoms with Crippen molar-refractivity contribution in [3.05, 3.63) is 23.8 Å². The first-order chi connectivity index (χ1) is 7.61. The van der Waals surface area contributed by atoms with Crippen LogP contribution in [0.2, 0.25) is 0 Å². The maximum atomic E-state index is 9.94. The molecule has 0 unspecified atom stereocenters. The van der Waals surface area contributed by atoms with E-state index in [2.05, 4.69) is 30.8 Å². The van der Waals surface area contributed by atoms with E-state index in [-0.39, 0.29) is 28.2 Å². The van der Waals surface area contributed by atoms with Gasteiger partial charge in [-0.2, -0.15) is 20.6 Å². The second-order valence-corrected chi connectivity index (χ2v) is 2.32. The second kappa shape index (κ2) is 7.08. The number of hydrogen-bond donors (Lipinski definition) is 4. The van der Waals surface area contributed by atoms with Gasteiger partial charge in [-0.1, -0.05) is 0 Å². The number of aromatic carboxylic acids is 2. The molecule has 0 bridgehead atoms. The van der Waals surface area contributed by atoms with Crippen LogP contribution >= 0.6 is 0 Å². The van der Waals surface area contributed by atoms with Crippen molar-refractivity contribution in [3.8, 4) is 0 Å². The number of hydrogen-bond acceptors (Lipinski definition) is 6. The summed E-state index contributed by atoms with van der Waals surface area (Å²) in [5.41, 5.74) is -0.130. The van der Waals surface area contributed by atoms with Crippen molar-refractivity contribution in [1.82, 2.24) is 30.8 Å². The average Bonchev–Trinajstić information content (AvgIpc) is 2.93. The fourth-order valence-corrected chi connectivity index (χ4v) is 0.609. The molecule has 0 aliphatic heterocycles. The van der Waals surface area contributed by atoms with Gasteiger partial charge in [-0.25, -0.2) is 9.59 Å². The van der Waals surface area contributed by atoms with Crippen molar-refractivity contribution in [2.75, 3.05) is 0 Å². The standard InChI is InChI=1S/2C3H3N3O2.Co/c2*7-3(8)2-1-4-6-5-2;/h2*1H,(H,7,8)(H,4,5,6);. The van der Waals surface area contributed by atoms with E-state index < -0.39 is 11.9 Å². The van der Waals surface area contributed by atoms with Crippen LogP contribution in [0.3, 0.4) is 0 Å². The molecule has 2 aromatic rings. The third-order valence-electron chi connectivity index (χ3n) is 1.27. The molecule has 0 saturated carbocycles. The molecule has 0 saturated heterocycles. The number of H-pyrrole nitrogens is 2. The Bertz CT molecular complexity index is 411. The molecule has 0 atom stereocenters. The first kappa shape index (κ1) is 14.7. The van der Waals surface area contributed by atoms with E-state index in [0.29, 0.717) is 0 Å². The van der Waals surface area contributed by atoms with E-state index in [1.165, 1.54) is 0 Å². The van der Waals surface area contributed by atoms with Crippen LogP contribution in [0.1, 0.15) is 21.0 Å². The molecule has 2 heterocycles. The number of carbonyl (C=O) groups is 2. The predicted octanol–water partition coefficient (Wildman–Crippen LogP) is -0.997. The Morgan fingerprint density at radius 2 is 1.29 bits per heavy atom. The van der Waals surface area contributed by atoms with Gasteiger partial charge in [-0.15, -0.1) is 10.2 Å². The Kier molecular flexibility index (Phi) is 6.13. The Labute approximate surface area is 104 Å². The smallest absolute Gasteiger partial charge is 0.358 e. The number of carboxylic acids is 2. The number of nitrogens with zero attached hydrogens (tertiary/aromatic N) is 4. The van der Waals surface area contributed by atoms with E-state index in [9.17, 15) is 9.59 Å². The molecule has 93 valence electrons. The summed E-state index contributed by atoms with van der Waals surface area (Å²) in [4.78, 5) is 19.9. The van der Waals surface area contributed by atoms with Crippen LogP contribution in [0.25, 0.3) is 0 Å². The van der Waals surface area contributed by atoms with Gasteiger partial charge in [0, 0.05) is 16.8 Å². The Hall–Kier alpha value is -2.27. The van der Waals surface area contributed by atoms with Crippen LogP contribution < -0.4 is 0 Å². The van der Waals surface area contributed by atoms with E-state index in [1.807, 2.05) is 0 Å². The maximum absolute atomic E-state index is 9.94. The summed E-state index contributed by atoms with van der Waals surface area (Å²) in [6, 6.07) is 0. The molecule has 0 aliphatic carbocycles. The maximum Gasteiger partial charge on any atom is 0.358 e. The van der Waals surface area contributed by atoms with Gasteiger partial charge < -0.3 is 10.2 Å². The topological polar surface area (TPSA) is 158 Å². The molecule has 0 amide bonds. The predicted molar refractivity (Wildman–Crippen MR) is 46.7 cm³/mol. The van der Waals surface area contributed by atoms with Gasteiger partial charge in [0.25, 0.3) is 0 Å². The molecule has 0 aliphatic rings. The number of aromatic amines is 2. The molecule has 0 spiro atoms. The fraction of sp³-hybridized carbons (Fsp3) is 0. The van der Waals surface area contributed by atoms with Gasteiger partial charge in [-0.3, -0.25) is 0 Å². The van der Waals surface area contributed by atoms with Gasteiger partial charge in [0.1, 0.15) is 0 Å². The van der Waals surface area contributed by atoms with Gasteiger partial charge in [-0.05, 0) is 0 Å². The number of aromatic nitrogens is 6. The third kappa shape index (κ3) is 4.85. The normalized spacial score (nSPS) is 8.47. The minimum absolute atomic E-state index is 0. The van der Waals surface area contributed by atoms with Gasteiger partial charge in [0.05, 0.1) is 12.4 Å². The van der Waals surface area contributed by atoms with Crippen molar-refractivity contribution in [3.63, 3.8) is 0 Å². The summed E-state index contributed by atoms with van der Waals surface area (Å²) < 4.78 is 0. The number of carboxylic acid groups (broad SMARTS) is 2. The van der Waals surface area contributed by atoms with Crippen molar-refractivity contribution >= 4 is 11.9 Å². The van der Waals surface area contributed by atoms with Crippen LogP contribution in [-0.4, -0.2) is 53.0 Å². The first-order valence-electron chi connectivity index (χ1n) is 3.79. The van der Waals surface area contributed by atoms with Crippen molar-refractivity contribution < 1.29 is 36.6 Å². The Morgan fingerprint density at radius 1 is 0.941 bits per heavy atom. The van der Waals surface area contributed by atoms with Crippen LogP contribution in [0, 0.1) is 0 Å². The molecule has 17 heavy (non-hydrogen) atoms. The largest absolute Gasteiger partial charge is 0.476 e. The zero-order valence-electron chi connectivity index (χ0n) is 7.99. The average molecular weight is 285 g/mol. The second-order valence-electron chi connectivity index (χ2n) is 2.32. The van der Waals surface area contributed by atoms with E-state index in [1.54, 1.807) is 0 Å². The monoisotopic (exact) mass is 285 g/mol. The molecule has 2 rings (SSSR count). The third-order valence-corrected chi connectivity index (χ3v) is 1.27. The molecular weight excluding hydrogens is 279 g/mol. The molecule has 0 aromatic carbocycles. The minimum atomic E-state index is -1.07. The fourth-order valence-electron chi connectivity index (χ4n) is 0.609. The first-order valence-corrected chi connectivity index (χ1v) is 3.79. The van der Waals surface area contributed by atoms with Crippen LogP contribution in [0.4, 0.5) is 0 Å². The molecule has 1 radical (unpaired) electrons. The zero-order chi connectivity index (χ0) is 12.0. The Morgan fingerprint density at radius 3 is 1.41 bits per heavy atom. The summed E-state index contributed by atoms with van der Waals surface area (Å²) in [5, 5.41) is 33.8. The summed E-state index contributed by atoms with van der Waals surface area (Å²) in [6.07, 6.45) is 2.28. The molecule has 0 fully saturated rings. The SMILES string of the molecule is O=C(O)c1cn[nH]n1.O=C(O)c1cn[nH]n1.[Co]. The molecular formula is C6H6CoN6O4. The van der Waals surface area contributed by atoms with Crippen LogP contribution in [-0.2, 0) is 16.8 Å². The molecule has 11 heteroatoms. The Balaban J connectivity index is 0.000000284. The van der Waals surface area contributed by atoms with Gasteiger partial charge in [0.15, 0.2) is 11.4 Å². The van der Waals surface area contributed by atoms with Crippen LogP contribution in [0.5, 0.6) is 0 Å². The minimum Gasteiger partial charge on any atom is -0.476 e. The summed E-state index contributed by atoms with van der Waals surface area (Å²) in [7, 11) is 0. The van der Waals surface area contributed by atoms with E-state index in [0.717, 1.165) is 12.4 Å². The number of nitrogens with one attached hydrogen (secondary N) is 2. The molecule has 4 N–H and O–H groups in total. The summed E-state index contributed by atoms with van der Waals surface area (Å²) in [5.74, 6) is -2.14. The summed E-state index contributed by atoms with van der Waals surface area (Å²) >= 11 is 0. The number of rotatable bonds is 2. The van der Waals surface area contributed by atoms with Crippen LogP contribution in [0.15, 0.2) is 12.4 Å². The summed E-state index contributed by atoms with van der Waals surface area (Å²) in [6.45, 7) is 0. The van der Waals surface area contributed by atoms with Crippen molar-refractivity contribution in [1.29, 1.82) is 0 Å². The van der Waals surface area contributed by atoms with Gasteiger partial charge in [0.2, 0.25) is 0 Å². The van der Waals surface area contributed by atoms with E-state index >= 15 is 0 Å². The molecule has 2 aromatic heterocycles. The van der Waals surface area contributed by atoms with Gasteiger partial charge >= 0.3 is 11.9 Å². The quantitative estimate of drug-likeness (QED) is 0.547. The molecule has 10 nitrogen and oxygen atoms in total. The van der Waals surface area contributed by atoms with Crippen molar-refractivity contribution in [2.45, 2.75) is 0 Å².